The Morgan fingerprint density at radius 1 is 1.08 bits per heavy atom. The fourth-order valence-electron chi connectivity index (χ4n) is 4.25. The van der Waals surface area contributed by atoms with Crippen molar-refractivity contribution in [2.24, 2.45) is 0 Å². The van der Waals surface area contributed by atoms with Gasteiger partial charge in [-0.2, -0.15) is 4.48 Å². The van der Waals surface area contributed by atoms with Crippen molar-refractivity contribution in [3.63, 3.8) is 0 Å². The van der Waals surface area contributed by atoms with Crippen LogP contribution in [0.1, 0.15) is 27.9 Å². The van der Waals surface area contributed by atoms with Gasteiger partial charge in [0.05, 0.1) is 37.8 Å². The number of imide groups is 1. The molecule has 0 fully saturated rings. The van der Waals surface area contributed by atoms with Gasteiger partial charge in [-0.05, 0) is 17.7 Å². The van der Waals surface area contributed by atoms with E-state index in [0.29, 0.717) is 17.6 Å². The van der Waals surface area contributed by atoms with Crippen molar-refractivity contribution in [3.05, 3.63) is 77.5 Å². The standard InChI is InChI=1S/C26H22F3N3O5/c1-32(11-6-12-36-16-33)24(34)22-20(13-17-7-3-2-4-8-17)23(30-15-21(22)31-25(32)35)18-9-5-10-19(14-18)37-26(27,28)29/h2-5,7-10,14-16H,6,11-13H2,1H3/p+1. The third-order valence-electron chi connectivity index (χ3n) is 6.03. The molecule has 2 heterocycles. The minimum absolute atomic E-state index is 0.0369. The quantitative estimate of drug-likeness (QED) is 0.247. The predicted molar refractivity (Wildman–Crippen MR) is 127 cm³/mol. The number of hydrogen-bond acceptors (Lipinski definition) is 6. The molecule has 2 aromatic carbocycles. The van der Waals surface area contributed by atoms with Crippen molar-refractivity contribution >= 4 is 24.1 Å². The van der Waals surface area contributed by atoms with Gasteiger partial charge >= 0.3 is 18.3 Å². The summed E-state index contributed by atoms with van der Waals surface area (Å²) in [7, 11) is 1.46. The zero-order valence-electron chi connectivity index (χ0n) is 19.7. The summed E-state index contributed by atoms with van der Waals surface area (Å²) in [6, 6.07) is 14.0. The van der Waals surface area contributed by atoms with E-state index in [1.165, 1.54) is 31.4 Å². The SMILES string of the molecule is C[N+]1(CCCOC=O)C(=O)Nc2cnc(-c3cccc(OC(F)(F)F)c3)c(Cc3ccccc3)c2C1=O. The molecule has 192 valence electrons. The molecule has 1 N–H and O–H groups in total. The summed E-state index contributed by atoms with van der Waals surface area (Å²) < 4.78 is 46.7. The molecule has 0 radical (unpaired) electrons. The molecule has 4 rings (SSSR count). The second-order valence-corrected chi connectivity index (χ2v) is 8.58. The summed E-state index contributed by atoms with van der Waals surface area (Å²) in [6.45, 7) is 0.393. The highest BCUT2D eigenvalue weighted by molar-refractivity contribution is 6.10. The van der Waals surface area contributed by atoms with Crippen LogP contribution < -0.4 is 10.1 Å². The van der Waals surface area contributed by atoms with Gasteiger partial charge in [0.15, 0.2) is 0 Å². The normalized spacial score (nSPS) is 17.1. The Labute approximate surface area is 210 Å². The summed E-state index contributed by atoms with van der Waals surface area (Å²) in [5.41, 5.74) is 2.32. The van der Waals surface area contributed by atoms with Gasteiger partial charge in [0.1, 0.15) is 11.3 Å². The van der Waals surface area contributed by atoms with E-state index < -0.39 is 28.5 Å². The number of urea groups is 1. The number of hydrogen-bond donors (Lipinski definition) is 1. The van der Waals surface area contributed by atoms with Crippen LogP contribution in [0.5, 0.6) is 5.75 Å². The average molecular weight is 514 g/mol. The van der Waals surface area contributed by atoms with Crippen LogP contribution in [0.4, 0.5) is 23.7 Å². The van der Waals surface area contributed by atoms with Crippen LogP contribution >= 0.6 is 0 Å². The maximum Gasteiger partial charge on any atom is 0.573 e. The summed E-state index contributed by atoms with van der Waals surface area (Å²) in [6.07, 6.45) is -3.06. The maximum atomic E-state index is 13.9. The van der Waals surface area contributed by atoms with Gasteiger partial charge in [-0.1, -0.05) is 42.5 Å². The molecule has 1 aromatic heterocycles. The molecule has 3 aromatic rings. The van der Waals surface area contributed by atoms with E-state index in [4.69, 9.17) is 4.74 Å². The van der Waals surface area contributed by atoms with Gasteiger partial charge in [0.2, 0.25) is 0 Å². The Hall–Kier alpha value is -4.25. The highest BCUT2D eigenvalue weighted by atomic mass is 19.4. The first kappa shape index (κ1) is 25.8. The number of ether oxygens (including phenoxy) is 2. The van der Waals surface area contributed by atoms with Gasteiger partial charge in [-0.3, -0.25) is 15.1 Å². The van der Waals surface area contributed by atoms with Crippen LogP contribution in [0.25, 0.3) is 11.3 Å². The molecule has 1 aliphatic heterocycles. The van der Waals surface area contributed by atoms with Crippen LogP contribution in [0.3, 0.4) is 0 Å². The van der Waals surface area contributed by atoms with Gasteiger partial charge in [-0.15, -0.1) is 13.2 Å². The number of nitrogens with one attached hydrogen (secondary N) is 1. The van der Waals surface area contributed by atoms with Crippen molar-refractivity contribution in [2.45, 2.75) is 19.2 Å². The molecule has 0 spiro atoms. The van der Waals surface area contributed by atoms with E-state index in [2.05, 4.69) is 15.0 Å². The number of fused-ring (bicyclic) bond motifs is 1. The number of carbonyl (C=O) groups is 3. The Balaban J connectivity index is 1.84. The van der Waals surface area contributed by atoms with Crippen LogP contribution in [-0.4, -0.2) is 54.4 Å². The zero-order valence-corrected chi connectivity index (χ0v) is 19.7. The molecule has 0 bridgehead atoms. The Kier molecular flexibility index (Phi) is 7.25. The number of anilines is 1. The van der Waals surface area contributed by atoms with Crippen LogP contribution in [0.15, 0.2) is 60.8 Å². The van der Waals surface area contributed by atoms with E-state index in [1.54, 1.807) is 6.07 Å². The Morgan fingerprint density at radius 2 is 1.84 bits per heavy atom. The molecule has 3 amide bonds. The van der Waals surface area contributed by atoms with Gasteiger partial charge < -0.3 is 9.47 Å². The molecule has 1 atom stereocenters. The van der Waals surface area contributed by atoms with E-state index in [9.17, 15) is 27.6 Å². The third-order valence-corrected chi connectivity index (χ3v) is 6.03. The fraction of sp³-hybridized carbons (Fsp3) is 0.231. The number of amides is 3. The van der Waals surface area contributed by atoms with Crippen molar-refractivity contribution < 1.29 is 41.5 Å². The van der Waals surface area contributed by atoms with Gasteiger partial charge in [0.25, 0.3) is 6.47 Å². The molecule has 0 saturated heterocycles. The molecule has 11 heteroatoms. The monoisotopic (exact) mass is 514 g/mol. The lowest BCUT2D eigenvalue weighted by Gasteiger charge is -2.34. The molecule has 0 saturated carbocycles. The van der Waals surface area contributed by atoms with Crippen molar-refractivity contribution in [3.8, 4) is 17.0 Å². The average Bonchev–Trinajstić information content (AvgIpc) is 2.85. The van der Waals surface area contributed by atoms with Gasteiger partial charge in [-0.25, -0.2) is 9.59 Å². The first-order valence-electron chi connectivity index (χ1n) is 11.3. The molecule has 0 aliphatic carbocycles. The van der Waals surface area contributed by atoms with Crippen molar-refractivity contribution in [1.82, 2.24) is 4.98 Å². The first-order valence-corrected chi connectivity index (χ1v) is 11.3. The minimum atomic E-state index is -4.87. The minimum Gasteiger partial charge on any atom is -0.468 e. The summed E-state index contributed by atoms with van der Waals surface area (Å²) in [5, 5.41) is 2.74. The van der Waals surface area contributed by atoms with Crippen molar-refractivity contribution in [2.75, 3.05) is 25.5 Å². The topological polar surface area (TPSA) is 94.6 Å². The number of rotatable bonds is 9. The number of benzene rings is 2. The number of pyridine rings is 1. The lowest BCUT2D eigenvalue weighted by atomic mass is 9.92. The van der Waals surface area contributed by atoms with E-state index in [0.717, 1.165) is 5.56 Å². The Bertz CT molecular complexity index is 1330. The number of alkyl halides is 3. The lowest BCUT2D eigenvalue weighted by molar-refractivity contribution is -0.743. The lowest BCUT2D eigenvalue weighted by Crippen LogP contribution is -2.59. The smallest absolute Gasteiger partial charge is 0.468 e. The highest BCUT2D eigenvalue weighted by Crippen LogP contribution is 2.37. The number of carbonyl (C=O) groups excluding carboxylic acids is 3. The molecular weight excluding hydrogens is 491 g/mol. The third kappa shape index (κ3) is 5.61. The van der Waals surface area contributed by atoms with E-state index in [-0.39, 0.29) is 42.9 Å². The molecule has 8 nitrogen and oxygen atoms in total. The molecule has 37 heavy (non-hydrogen) atoms. The van der Waals surface area contributed by atoms with Crippen LogP contribution in [-0.2, 0) is 16.0 Å². The second kappa shape index (κ2) is 10.4. The Morgan fingerprint density at radius 3 is 2.54 bits per heavy atom. The van der Waals surface area contributed by atoms with Crippen molar-refractivity contribution in [1.29, 1.82) is 0 Å². The molecule has 1 unspecified atom stereocenters. The fourth-order valence-corrected chi connectivity index (χ4v) is 4.25. The summed E-state index contributed by atoms with van der Waals surface area (Å²) in [4.78, 5) is 41.7. The van der Waals surface area contributed by atoms with Gasteiger partial charge in [0, 0.05) is 24.0 Å². The zero-order chi connectivity index (χ0) is 26.6. The number of nitrogens with zero attached hydrogens (tertiary/aromatic N) is 2. The summed E-state index contributed by atoms with van der Waals surface area (Å²) in [5.74, 6) is -0.923. The number of aromatic nitrogens is 1. The highest BCUT2D eigenvalue weighted by Gasteiger charge is 2.48. The van der Waals surface area contributed by atoms with Crippen LogP contribution in [0, 0.1) is 0 Å². The maximum absolute atomic E-state index is 13.9. The molecular formula is C26H23F3N3O5+. The predicted octanol–water partition coefficient (Wildman–Crippen LogP) is 4.93. The largest absolute Gasteiger partial charge is 0.573 e. The second-order valence-electron chi connectivity index (χ2n) is 8.58. The van der Waals surface area contributed by atoms with E-state index in [1.807, 2.05) is 30.3 Å². The number of quaternary nitrogens is 1. The van der Waals surface area contributed by atoms with Crippen LogP contribution in [0.2, 0.25) is 0 Å². The van der Waals surface area contributed by atoms with E-state index >= 15 is 0 Å². The molecule has 1 aliphatic rings. The summed E-state index contributed by atoms with van der Waals surface area (Å²) >= 11 is 0. The first-order chi connectivity index (χ1) is 17.6. The number of halogens is 3.